The van der Waals surface area contributed by atoms with E-state index in [4.69, 9.17) is 9.72 Å². The van der Waals surface area contributed by atoms with Crippen LogP contribution in [-0.2, 0) is 9.59 Å². The summed E-state index contributed by atoms with van der Waals surface area (Å²) in [6.07, 6.45) is 16.7. The number of rotatable bonds is 17. The molecule has 0 spiro atoms. The van der Waals surface area contributed by atoms with Crippen LogP contribution in [0.15, 0.2) is 59.5 Å². The summed E-state index contributed by atoms with van der Waals surface area (Å²) >= 11 is 0. The van der Waals surface area contributed by atoms with Gasteiger partial charge >= 0.3 is 0 Å². The van der Waals surface area contributed by atoms with Crippen LogP contribution in [0.3, 0.4) is 0 Å². The first-order chi connectivity index (χ1) is 27.4. The summed E-state index contributed by atoms with van der Waals surface area (Å²) in [4.78, 5) is 52.6. The molecule has 3 fully saturated rings. The number of hydrogen-bond donors (Lipinski definition) is 3. The molecule has 3 aliphatic rings. The van der Waals surface area contributed by atoms with Crippen LogP contribution in [-0.4, -0.2) is 77.6 Å². The molecule has 2 aliphatic carbocycles. The normalized spacial score (nSPS) is 16.5. The molecule has 2 saturated carbocycles. The molecule has 2 aromatic carbocycles. The Morgan fingerprint density at radius 3 is 2.34 bits per heavy atom. The van der Waals surface area contributed by atoms with E-state index in [0.717, 1.165) is 93.7 Å². The van der Waals surface area contributed by atoms with E-state index >= 15 is 0 Å². The number of fused-ring (bicyclic) bond motifs is 1. The van der Waals surface area contributed by atoms with Crippen molar-refractivity contribution in [1.82, 2.24) is 24.8 Å². The zero-order valence-electron chi connectivity index (χ0n) is 33.2. The third kappa shape index (κ3) is 10.1. The van der Waals surface area contributed by atoms with E-state index in [1.807, 2.05) is 31.2 Å². The van der Waals surface area contributed by atoms with Gasteiger partial charge in [0.25, 0.3) is 5.56 Å². The summed E-state index contributed by atoms with van der Waals surface area (Å²) in [6, 6.07) is 15.0. The van der Waals surface area contributed by atoms with Crippen molar-refractivity contribution < 1.29 is 14.3 Å². The molecular formula is C44H58N8O4. The molecule has 3 N–H and O–H groups in total. The van der Waals surface area contributed by atoms with Gasteiger partial charge in [0.15, 0.2) is 5.65 Å². The SMILES string of the molecule is COc1cc(N2CCN(CCCCCCCCNC(=O)C3CCCCC3)CC2)ccc1Nc1ncc2c(C)cc(=O)n(-c3cccc(NC(=O)C4CC4)c3)c2n1. The number of hydrogen-bond acceptors (Lipinski definition) is 9. The number of aromatic nitrogens is 3. The molecule has 12 heteroatoms. The monoisotopic (exact) mass is 762 g/mol. The third-order valence-electron chi connectivity index (χ3n) is 11.6. The van der Waals surface area contributed by atoms with Crippen LogP contribution < -0.4 is 31.1 Å². The van der Waals surface area contributed by atoms with Gasteiger partial charge in [-0.15, -0.1) is 0 Å². The molecule has 0 radical (unpaired) electrons. The number of anilines is 4. The summed E-state index contributed by atoms with van der Waals surface area (Å²) in [5.41, 5.74) is 4.13. The van der Waals surface area contributed by atoms with Gasteiger partial charge in [-0.25, -0.2) is 4.98 Å². The Hall–Kier alpha value is -4.97. The van der Waals surface area contributed by atoms with Crippen molar-refractivity contribution >= 4 is 45.9 Å². The van der Waals surface area contributed by atoms with Crippen molar-refractivity contribution in [3.63, 3.8) is 0 Å². The minimum atomic E-state index is -0.216. The predicted octanol–water partition coefficient (Wildman–Crippen LogP) is 7.35. The van der Waals surface area contributed by atoms with Gasteiger partial charge in [-0.2, -0.15) is 4.98 Å². The molecule has 3 heterocycles. The van der Waals surface area contributed by atoms with Crippen LogP contribution in [0.5, 0.6) is 5.75 Å². The first-order valence-corrected chi connectivity index (χ1v) is 20.9. The van der Waals surface area contributed by atoms with Gasteiger partial charge in [0, 0.05) is 79.7 Å². The van der Waals surface area contributed by atoms with E-state index in [9.17, 15) is 14.4 Å². The first-order valence-electron chi connectivity index (χ1n) is 20.9. The smallest absolute Gasteiger partial charge is 0.257 e. The Bertz CT molecular complexity index is 2030. The van der Waals surface area contributed by atoms with E-state index in [1.165, 1.54) is 51.4 Å². The molecule has 2 aromatic heterocycles. The van der Waals surface area contributed by atoms with Gasteiger partial charge < -0.3 is 25.6 Å². The number of nitrogens with zero attached hydrogens (tertiary/aromatic N) is 5. The van der Waals surface area contributed by atoms with Crippen molar-refractivity contribution in [3.8, 4) is 11.4 Å². The van der Waals surface area contributed by atoms with Crippen molar-refractivity contribution in [2.75, 3.05) is 61.9 Å². The number of nitrogens with one attached hydrogen (secondary N) is 3. The molecule has 0 bridgehead atoms. The summed E-state index contributed by atoms with van der Waals surface area (Å²) < 4.78 is 7.39. The van der Waals surface area contributed by atoms with Gasteiger partial charge in [-0.1, -0.05) is 51.0 Å². The lowest BCUT2D eigenvalue weighted by atomic mass is 9.88. The van der Waals surface area contributed by atoms with Crippen molar-refractivity contribution in [2.45, 2.75) is 90.4 Å². The molecule has 0 atom stereocenters. The fourth-order valence-electron chi connectivity index (χ4n) is 8.09. The Kier molecular flexibility index (Phi) is 13.2. The molecule has 0 unspecified atom stereocenters. The number of benzene rings is 2. The maximum absolute atomic E-state index is 13.4. The number of pyridine rings is 1. The van der Waals surface area contributed by atoms with E-state index in [1.54, 1.807) is 30.0 Å². The van der Waals surface area contributed by atoms with Gasteiger partial charge in [0.2, 0.25) is 17.8 Å². The topological polar surface area (TPSA) is 134 Å². The number of unbranched alkanes of at least 4 members (excludes halogenated alkanes) is 5. The number of aryl methyl sites for hydroxylation is 1. The molecule has 4 aromatic rings. The number of carbonyl (C=O) groups excluding carboxylic acids is 2. The molecule has 56 heavy (non-hydrogen) atoms. The number of carbonyl (C=O) groups is 2. The second-order valence-corrected chi connectivity index (χ2v) is 15.8. The summed E-state index contributed by atoms with van der Waals surface area (Å²) in [5.74, 6) is 1.65. The molecular weight excluding hydrogens is 705 g/mol. The fraction of sp³-hybridized carbons (Fsp3) is 0.523. The second kappa shape index (κ2) is 18.8. The zero-order valence-corrected chi connectivity index (χ0v) is 33.2. The Balaban J connectivity index is 0.891. The molecule has 298 valence electrons. The Morgan fingerprint density at radius 2 is 1.57 bits per heavy atom. The van der Waals surface area contributed by atoms with Gasteiger partial charge in [0.05, 0.1) is 18.5 Å². The highest BCUT2D eigenvalue weighted by molar-refractivity contribution is 5.94. The van der Waals surface area contributed by atoms with Crippen molar-refractivity contribution in [3.05, 3.63) is 70.6 Å². The van der Waals surface area contributed by atoms with E-state index < -0.39 is 0 Å². The van der Waals surface area contributed by atoms with E-state index in [-0.39, 0.29) is 29.2 Å². The lowest BCUT2D eigenvalue weighted by molar-refractivity contribution is -0.126. The number of ether oxygens (including phenoxy) is 1. The van der Waals surface area contributed by atoms with Crippen molar-refractivity contribution in [1.29, 1.82) is 0 Å². The molecule has 12 nitrogen and oxygen atoms in total. The number of piperazine rings is 1. The average molecular weight is 763 g/mol. The molecule has 1 aliphatic heterocycles. The number of amides is 2. The minimum absolute atomic E-state index is 0.0110. The van der Waals surface area contributed by atoms with Crippen LogP contribution in [0.25, 0.3) is 16.7 Å². The van der Waals surface area contributed by atoms with E-state index in [2.05, 4.69) is 42.9 Å². The summed E-state index contributed by atoms with van der Waals surface area (Å²) in [6.45, 7) is 7.82. The zero-order chi connectivity index (χ0) is 38.9. The van der Waals surface area contributed by atoms with Crippen molar-refractivity contribution in [2.24, 2.45) is 11.8 Å². The standard InChI is InChI=1S/C44H58N8O4/c1-31-27-40(53)52(36-16-12-15-34(28-36)47-43(55)33-17-18-33)41-37(31)30-46-44(49-41)48-38-20-19-35(29-39(38)56-2)51-25-23-50(24-26-51)22-11-6-4-3-5-10-21-45-42(54)32-13-8-7-9-14-32/h12,15-16,19-20,27-30,32-33H,3-11,13-14,17-18,21-26H2,1-2H3,(H,45,54)(H,47,55)(H,46,48,49). The minimum Gasteiger partial charge on any atom is -0.494 e. The maximum atomic E-state index is 13.4. The number of methoxy groups -OCH3 is 1. The van der Waals surface area contributed by atoms with Crippen LogP contribution in [0.2, 0.25) is 0 Å². The Labute approximate surface area is 330 Å². The van der Waals surface area contributed by atoms with Crippen LogP contribution >= 0.6 is 0 Å². The highest BCUT2D eigenvalue weighted by atomic mass is 16.5. The van der Waals surface area contributed by atoms with Crippen LogP contribution in [0.1, 0.15) is 89.0 Å². The summed E-state index contributed by atoms with van der Waals surface area (Å²) in [7, 11) is 1.66. The molecule has 7 rings (SSSR count). The largest absolute Gasteiger partial charge is 0.494 e. The molecule has 2 amide bonds. The van der Waals surface area contributed by atoms with Gasteiger partial charge in [0.1, 0.15) is 5.75 Å². The lowest BCUT2D eigenvalue weighted by Gasteiger charge is -2.36. The van der Waals surface area contributed by atoms with Gasteiger partial charge in [-0.05, 0) is 87.9 Å². The van der Waals surface area contributed by atoms with Crippen LogP contribution in [0, 0.1) is 18.8 Å². The second-order valence-electron chi connectivity index (χ2n) is 15.8. The maximum Gasteiger partial charge on any atom is 0.257 e. The third-order valence-corrected chi connectivity index (χ3v) is 11.6. The highest BCUT2D eigenvalue weighted by Crippen LogP contribution is 2.33. The van der Waals surface area contributed by atoms with Gasteiger partial charge in [-0.3, -0.25) is 23.9 Å². The first kappa shape index (κ1) is 39.3. The molecule has 1 saturated heterocycles. The Morgan fingerprint density at radius 1 is 0.821 bits per heavy atom. The van der Waals surface area contributed by atoms with E-state index in [0.29, 0.717) is 28.7 Å². The highest BCUT2D eigenvalue weighted by Gasteiger charge is 2.29. The average Bonchev–Trinajstić information content (AvgIpc) is 4.07. The quantitative estimate of drug-likeness (QED) is 0.0945. The summed E-state index contributed by atoms with van der Waals surface area (Å²) in [5, 5.41) is 10.2. The fourth-order valence-corrected chi connectivity index (χ4v) is 8.09. The van der Waals surface area contributed by atoms with Crippen LogP contribution in [0.4, 0.5) is 23.0 Å². The predicted molar refractivity (Wildman–Crippen MR) is 223 cm³/mol. The lowest BCUT2D eigenvalue weighted by Crippen LogP contribution is -2.46.